The molecular weight excluding hydrogens is 607 g/mol. The Morgan fingerprint density at radius 3 is 2.62 bits per heavy atom. The number of rotatable bonds is 11. The molecule has 1 fully saturated rings. The number of carbonyl (C=O) groups excluding carboxylic acids is 1. The first-order valence-electron chi connectivity index (χ1n) is 14.8. The lowest BCUT2D eigenvalue weighted by atomic mass is 9.99. The van der Waals surface area contributed by atoms with Crippen LogP contribution in [0.4, 0.5) is 19.0 Å². The number of aryl methyl sites for hydroxylation is 1. The SMILES string of the molecule is CC(=O)NCCC(O)(CO)Cn1c(C#N)cc2c(C)c(CN3CCC(Nc4ncnc5sc(CC(F)(F)F)cc45)CC3)ccc21. The maximum Gasteiger partial charge on any atom is 0.393 e. The van der Waals surface area contributed by atoms with Crippen LogP contribution in [0, 0.1) is 18.3 Å². The van der Waals surface area contributed by atoms with E-state index in [4.69, 9.17) is 0 Å². The minimum atomic E-state index is -4.28. The summed E-state index contributed by atoms with van der Waals surface area (Å²) in [4.78, 5) is 22.8. The van der Waals surface area contributed by atoms with Gasteiger partial charge in [-0.05, 0) is 55.5 Å². The summed E-state index contributed by atoms with van der Waals surface area (Å²) < 4.78 is 40.5. The van der Waals surface area contributed by atoms with Gasteiger partial charge in [-0.2, -0.15) is 18.4 Å². The van der Waals surface area contributed by atoms with Crippen molar-refractivity contribution in [3.05, 3.63) is 52.3 Å². The van der Waals surface area contributed by atoms with Crippen LogP contribution in [0.2, 0.25) is 0 Å². The highest BCUT2D eigenvalue weighted by atomic mass is 32.1. The number of alkyl halides is 3. The van der Waals surface area contributed by atoms with E-state index in [2.05, 4.69) is 31.6 Å². The fraction of sp³-hybridized carbons (Fsp3) is 0.484. The summed E-state index contributed by atoms with van der Waals surface area (Å²) >= 11 is 1.04. The molecule has 4 N–H and O–H groups in total. The number of nitriles is 1. The molecule has 4 aromatic rings. The number of halogens is 3. The predicted octanol–water partition coefficient (Wildman–Crippen LogP) is 4.26. The van der Waals surface area contributed by atoms with Gasteiger partial charge in [-0.1, -0.05) is 6.07 Å². The van der Waals surface area contributed by atoms with Crippen LogP contribution in [0.15, 0.2) is 30.6 Å². The van der Waals surface area contributed by atoms with Crippen molar-refractivity contribution in [1.82, 2.24) is 24.8 Å². The highest BCUT2D eigenvalue weighted by Gasteiger charge is 2.30. The topological polar surface area (TPSA) is 139 Å². The second-order valence-electron chi connectivity index (χ2n) is 11.8. The van der Waals surface area contributed by atoms with Gasteiger partial charge in [0.25, 0.3) is 0 Å². The summed E-state index contributed by atoms with van der Waals surface area (Å²) in [6.45, 7) is 5.42. The molecule has 240 valence electrons. The van der Waals surface area contributed by atoms with Gasteiger partial charge in [-0.15, -0.1) is 11.3 Å². The number of nitrogens with zero attached hydrogens (tertiary/aromatic N) is 5. The van der Waals surface area contributed by atoms with Gasteiger partial charge in [-0.25, -0.2) is 9.97 Å². The zero-order valence-corrected chi connectivity index (χ0v) is 25.9. The zero-order chi connectivity index (χ0) is 32.4. The third-order valence-corrected chi connectivity index (χ3v) is 9.41. The first-order valence-corrected chi connectivity index (χ1v) is 15.6. The molecular formula is C31H36F3N7O3S. The summed E-state index contributed by atoms with van der Waals surface area (Å²) in [7, 11) is 0. The Kier molecular flexibility index (Phi) is 9.64. The van der Waals surface area contributed by atoms with Crippen molar-refractivity contribution in [2.75, 3.05) is 31.6 Å². The number of likely N-dealkylation sites (tertiary alicyclic amines) is 1. The Labute approximate surface area is 262 Å². The summed E-state index contributed by atoms with van der Waals surface area (Å²) in [5.74, 6) is 0.334. The van der Waals surface area contributed by atoms with E-state index in [9.17, 15) is 33.4 Å². The summed E-state index contributed by atoms with van der Waals surface area (Å²) in [5, 5.41) is 38.4. The first kappa shape index (κ1) is 32.6. The van der Waals surface area contributed by atoms with Gasteiger partial charge in [0.15, 0.2) is 0 Å². The number of anilines is 1. The van der Waals surface area contributed by atoms with E-state index in [0.717, 1.165) is 59.3 Å². The van der Waals surface area contributed by atoms with E-state index in [0.29, 0.717) is 28.3 Å². The number of amides is 1. The van der Waals surface area contributed by atoms with Gasteiger partial charge in [0.05, 0.1) is 25.0 Å². The number of hydrogen-bond donors (Lipinski definition) is 4. The quantitative estimate of drug-likeness (QED) is 0.190. The van der Waals surface area contributed by atoms with Gasteiger partial charge in [0.1, 0.15) is 34.3 Å². The molecule has 0 radical (unpaired) electrons. The van der Waals surface area contributed by atoms with Crippen LogP contribution in [0.25, 0.3) is 21.1 Å². The number of aliphatic hydroxyl groups is 2. The monoisotopic (exact) mass is 643 g/mol. The molecule has 4 heterocycles. The molecule has 10 nitrogen and oxygen atoms in total. The highest BCUT2D eigenvalue weighted by molar-refractivity contribution is 7.18. The van der Waals surface area contributed by atoms with Crippen LogP contribution in [-0.2, 0) is 24.3 Å². The second kappa shape index (κ2) is 13.3. The van der Waals surface area contributed by atoms with Crippen molar-refractivity contribution in [2.24, 2.45) is 0 Å². The normalized spacial score (nSPS) is 16.1. The van der Waals surface area contributed by atoms with Crippen molar-refractivity contribution in [3.63, 3.8) is 0 Å². The fourth-order valence-corrected chi connectivity index (χ4v) is 6.93. The largest absolute Gasteiger partial charge is 0.393 e. The van der Waals surface area contributed by atoms with Gasteiger partial charge in [0.2, 0.25) is 5.91 Å². The van der Waals surface area contributed by atoms with Crippen molar-refractivity contribution in [2.45, 2.75) is 70.4 Å². The van der Waals surface area contributed by atoms with Crippen LogP contribution in [0.1, 0.15) is 47.9 Å². The Morgan fingerprint density at radius 1 is 1.20 bits per heavy atom. The number of nitrogens with one attached hydrogen (secondary N) is 2. The maximum atomic E-state index is 12.9. The average molecular weight is 644 g/mol. The molecule has 0 saturated carbocycles. The van der Waals surface area contributed by atoms with Crippen LogP contribution in [0.5, 0.6) is 0 Å². The third kappa shape index (κ3) is 7.73. The molecule has 14 heteroatoms. The standard InChI is InChI=1S/C31H36F3N7O3S/c1-19-21(3-4-27-25(19)11-23(14-35)41(27)16-30(44,17-42)7-8-36-20(2)43)15-40-9-5-22(6-10-40)39-28-26-12-24(13-31(32,33)34)45-29(26)38-18-37-28/h3-4,11-12,18,22,42,44H,5-10,13,15-17H2,1-2H3,(H,36,43)(H,37,38,39). The summed E-state index contributed by atoms with van der Waals surface area (Å²) in [6.07, 6.45) is -2.08. The van der Waals surface area contributed by atoms with Crippen LogP contribution in [-0.4, -0.2) is 79.6 Å². The number of aliphatic hydroxyl groups excluding tert-OH is 1. The van der Waals surface area contributed by atoms with E-state index in [1.165, 1.54) is 19.3 Å². The van der Waals surface area contributed by atoms with E-state index in [1.807, 2.05) is 25.1 Å². The van der Waals surface area contributed by atoms with Crippen LogP contribution in [0.3, 0.4) is 0 Å². The molecule has 0 spiro atoms. The summed E-state index contributed by atoms with van der Waals surface area (Å²) in [6, 6.07) is 9.64. The van der Waals surface area contributed by atoms with Gasteiger partial charge in [0, 0.05) is 54.9 Å². The van der Waals surface area contributed by atoms with Crippen molar-refractivity contribution < 1.29 is 28.2 Å². The van der Waals surface area contributed by atoms with Crippen molar-refractivity contribution in [1.29, 1.82) is 5.26 Å². The second-order valence-corrected chi connectivity index (χ2v) is 12.9. The number of thiophene rings is 1. The zero-order valence-electron chi connectivity index (χ0n) is 25.1. The van der Waals surface area contributed by atoms with Crippen LogP contribution < -0.4 is 10.6 Å². The number of benzene rings is 1. The van der Waals surface area contributed by atoms with Gasteiger partial charge in [-0.3, -0.25) is 9.69 Å². The average Bonchev–Trinajstić information content (AvgIpc) is 3.55. The Bertz CT molecular complexity index is 1720. The number of carbonyl (C=O) groups is 1. The van der Waals surface area contributed by atoms with E-state index >= 15 is 0 Å². The smallest absolute Gasteiger partial charge is 0.393 e. The number of hydrogen-bond acceptors (Lipinski definition) is 9. The highest BCUT2D eigenvalue weighted by Crippen LogP contribution is 2.34. The molecule has 3 aromatic heterocycles. The number of piperidine rings is 1. The van der Waals surface area contributed by atoms with Gasteiger partial charge >= 0.3 is 6.18 Å². The first-order chi connectivity index (χ1) is 21.4. The molecule has 1 atom stereocenters. The fourth-order valence-electron chi connectivity index (χ4n) is 5.90. The molecule has 1 aliphatic rings. The maximum absolute atomic E-state index is 12.9. The van der Waals surface area contributed by atoms with E-state index < -0.39 is 24.8 Å². The Morgan fingerprint density at radius 2 is 1.96 bits per heavy atom. The van der Waals surface area contributed by atoms with Crippen molar-refractivity contribution in [3.8, 4) is 6.07 Å². The predicted molar refractivity (Wildman–Crippen MR) is 166 cm³/mol. The van der Waals surface area contributed by atoms with E-state index in [-0.39, 0.29) is 36.3 Å². The third-order valence-electron chi connectivity index (χ3n) is 8.37. The lowest BCUT2D eigenvalue weighted by Crippen LogP contribution is -2.41. The molecule has 1 amide bonds. The molecule has 0 aliphatic carbocycles. The molecule has 5 rings (SSSR count). The molecule has 1 aliphatic heterocycles. The molecule has 1 unspecified atom stereocenters. The molecule has 0 bridgehead atoms. The number of fused-ring (bicyclic) bond motifs is 2. The minimum absolute atomic E-state index is 0.00242. The summed E-state index contributed by atoms with van der Waals surface area (Å²) in [5.41, 5.74) is 1.79. The minimum Gasteiger partial charge on any atom is -0.393 e. The van der Waals surface area contributed by atoms with Crippen molar-refractivity contribution >= 4 is 44.2 Å². The lowest BCUT2D eigenvalue weighted by Gasteiger charge is -2.33. The van der Waals surface area contributed by atoms with Crippen LogP contribution >= 0.6 is 11.3 Å². The van der Waals surface area contributed by atoms with Gasteiger partial charge < -0.3 is 25.4 Å². The lowest BCUT2D eigenvalue weighted by molar-refractivity contribution is -0.126. The molecule has 45 heavy (non-hydrogen) atoms. The van der Waals surface area contributed by atoms with E-state index in [1.54, 1.807) is 4.57 Å². The Hall–Kier alpha value is -3.77. The number of aromatic nitrogens is 3. The Balaban J connectivity index is 1.24. The molecule has 1 aromatic carbocycles. The molecule has 1 saturated heterocycles.